The number of hydrogen-bond acceptors (Lipinski definition) is 11. The first kappa shape index (κ1) is 29.8. The highest BCUT2D eigenvalue weighted by Crippen LogP contribution is 2.40. The molecule has 1 saturated heterocycles. The molecule has 1 unspecified atom stereocenters. The Kier molecular flexibility index (Phi) is 9.45. The lowest BCUT2D eigenvalue weighted by atomic mass is 9.79. The van der Waals surface area contributed by atoms with Gasteiger partial charge in [0.05, 0.1) is 16.7 Å². The number of carbonyl (C=O) groups is 1. The normalized spacial score (nSPS) is 25.1. The number of aryl methyl sites for hydroxylation is 1. The second kappa shape index (κ2) is 12.4. The third kappa shape index (κ3) is 6.11. The summed E-state index contributed by atoms with van der Waals surface area (Å²) < 4.78 is 23.2. The SMILES string of the molecule is C#CCONC(=O)O[C@@H]1[C@@H](C)[C@](C)(CC)OC(Oc2ccc3c(O)c(/C(C)=N/OCC)c(=O)oc3c2C)[C@@H]1O. The van der Waals surface area contributed by atoms with Crippen molar-refractivity contribution in [2.24, 2.45) is 11.1 Å². The Bertz CT molecular complexity index is 1330. The second-order valence-electron chi connectivity index (χ2n) is 9.29. The van der Waals surface area contributed by atoms with Crippen LogP contribution in [0, 0.1) is 25.2 Å². The van der Waals surface area contributed by atoms with Crippen LogP contribution in [0.1, 0.15) is 52.2 Å². The minimum atomic E-state index is -1.40. The van der Waals surface area contributed by atoms with Crippen LogP contribution in [0.3, 0.4) is 0 Å². The van der Waals surface area contributed by atoms with Gasteiger partial charge in [0.15, 0.2) is 6.10 Å². The fraction of sp³-hybridized carbons (Fsp3) is 0.519. The topological polar surface area (TPSA) is 158 Å². The molecule has 0 spiro atoms. The molecule has 1 aromatic carbocycles. The summed E-state index contributed by atoms with van der Waals surface area (Å²) in [6.07, 6.45) is 1.00. The number of terminal acetylenes is 1. The summed E-state index contributed by atoms with van der Waals surface area (Å²) in [5.41, 5.74) is 0.915. The molecule has 212 valence electrons. The minimum Gasteiger partial charge on any atom is -0.506 e. The van der Waals surface area contributed by atoms with E-state index in [9.17, 15) is 19.8 Å². The molecule has 1 fully saturated rings. The Morgan fingerprint density at radius 2 is 2.05 bits per heavy atom. The van der Waals surface area contributed by atoms with Crippen molar-refractivity contribution >= 4 is 22.8 Å². The minimum absolute atomic E-state index is 0.0812. The summed E-state index contributed by atoms with van der Waals surface area (Å²) in [6, 6.07) is 3.05. The van der Waals surface area contributed by atoms with Gasteiger partial charge in [-0.3, -0.25) is 4.84 Å². The summed E-state index contributed by atoms with van der Waals surface area (Å²) in [7, 11) is 0. The number of rotatable bonds is 9. The first-order valence-electron chi connectivity index (χ1n) is 12.5. The van der Waals surface area contributed by atoms with E-state index in [1.807, 2.05) is 13.8 Å². The lowest BCUT2D eigenvalue weighted by Crippen LogP contribution is -2.62. The van der Waals surface area contributed by atoms with Gasteiger partial charge in [-0.15, -0.1) is 6.42 Å². The van der Waals surface area contributed by atoms with Gasteiger partial charge in [0, 0.05) is 11.5 Å². The Hall–Kier alpha value is -3.79. The quantitative estimate of drug-likeness (QED) is 0.140. The maximum atomic E-state index is 12.7. The number of hydroxylamine groups is 1. The smallest absolute Gasteiger partial charge is 0.431 e. The molecule has 39 heavy (non-hydrogen) atoms. The number of hydrogen-bond donors (Lipinski definition) is 3. The summed E-state index contributed by atoms with van der Waals surface area (Å²) >= 11 is 0. The Morgan fingerprint density at radius 3 is 2.69 bits per heavy atom. The van der Waals surface area contributed by atoms with E-state index >= 15 is 0 Å². The summed E-state index contributed by atoms with van der Waals surface area (Å²) in [5.74, 6) is 1.68. The van der Waals surface area contributed by atoms with E-state index in [1.54, 1.807) is 26.8 Å². The van der Waals surface area contributed by atoms with E-state index in [4.69, 9.17) is 34.7 Å². The molecule has 0 aliphatic carbocycles. The van der Waals surface area contributed by atoms with Gasteiger partial charge in [-0.1, -0.05) is 24.9 Å². The van der Waals surface area contributed by atoms with Crippen molar-refractivity contribution in [3.05, 3.63) is 33.7 Å². The number of aliphatic hydroxyl groups is 1. The Morgan fingerprint density at radius 1 is 1.33 bits per heavy atom. The van der Waals surface area contributed by atoms with Crippen LogP contribution in [0.15, 0.2) is 26.5 Å². The first-order valence-corrected chi connectivity index (χ1v) is 12.5. The zero-order valence-corrected chi connectivity index (χ0v) is 22.8. The van der Waals surface area contributed by atoms with Crippen LogP contribution in [0.5, 0.6) is 11.5 Å². The molecule has 2 heterocycles. The molecule has 0 saturated carbocycles. The lowest BCUT2D eigenvalue weighted by Gasteiger charge is -2.48. The number of nitrogens with zero attached hydrogens (tertiary/aromatic N) is 1. The van der Waals surface area contributed by atoms with Crippen molar-refractivity contribution in [2.45, 2.75) is 72.1 Å². The zero-order chi connectivity index (χ0) is 28.9. The van der Waals surface area contributed by atoms with E-state index in [2.05, 4.69) is 16.6 Å². The van der Waals surface area contributed by atoms with Crippen LogP contribution in [0.2, 0.25) is 0 Å². The molecule has 2 aromatic rings. The number of oxime groups is 1. The molecule has 1 amide bonds. The van der Waals surface area contributed by atoms with Gasteiger partial charge in [0.25, 0.3) is 0 Å². The van der Waals surface area contributed by atoms with Gasteiger partial charge in [-0.05, 0) is 46.2 Å². The van der Waals surface area contributed by atoms with Crippen molar-refractivity contribution in [2.75, 3.05) is 13.2 Å². The maximum absolute atomic E-state index is 12.7. The highest BCUT2D eigenvalue weighted by molar-refractivity contribution is 6.04. The maximum Gasteiger partial charge on any atom is 0.431 e. The fourth-order valence-corrected chi connectivity index (χ4v) is 4.34. The van der Waals surface area contributed by atoms with Crippen LogP contribution in [-0.2, 0) is 19.1 Å². The van der Waals surface area contributed by atoms with E-state index in [1.165, 1.54) is 13.0 Å². The average Bonchev–Trinajstić information content (AvgIpc) is 2.90. The van der Waals surface area contributed by atoms with Crippen LogP contribution in [0.25, 0.3) is 11.0 Å². The molecule has 1 aliphatic rings. The second-order valence-corrected chi connectivity index (χ2v) is 9.29. The molecule has 3 N–H and O–H groups in total. The third-order valence-electron chi connectivity index (χ3n) is 6.90. The molecule has 5 atom stereocenters. The van der Waals surface area contributed by atoms with Crippen LogP contribution >= 0.6 is 0 Å². The number of carbonyl (C=O) groups excluding carboxylic acids is 1. The number of fused-ring (bicyclic) bond motifs is 1. The Labute approximate surface area is 225 Å². The molecular formula is C27H34N2O10. The number of ether oxygens (including phenoxy) is 3. The third-order valence-corrected chi connectivity index (χ3v) is 6.90. The number of aliphatic hydroxyl groups excluding tert-OH is 1. The van der Waals surface area contributed by atoms with Gasteiger partial charge in [-0.2, -0.15) is 5.48 Å². The molecular weight excluding hydrogens is 512 g/mol. The highest BCUT2D eigenvalue weighted by atomic mass is 16.7. The van der Waals surface area contributed by atoms with E-state index in [0.29, 0.717) is 12.0 Å². The van der Waals surface area contributed by atoms with Crippen molar-refractivity contribution in [3.8, 4) is 23.8 Å². The van der Waals surface area contributed by atoms with Crippen LogP contribution in [0.4, 0.5) is 4.79 Å². The molecule has 1 aliphatic heterocycles. The van der Waals surface area contributed by atoms with Gasteiger partial charge in [0.2, 0.25) is 6.29 Å². The van der Waals surface area contributed by atoms with E-state index < -0.39 is 41.7 Å². The van der Waals surface area contributed by atoms with Crippen molar-refractivity contribution in [1.29, 1.82) is 0 Å². The standard InChI is InChI=1S/C27H34N2O10/c1-8-13-35-29-26(33)38-23-15(5)27(7,9-2)39-25(21(23)31)36-18-12-11-17-20(30)19(16(6)28-34-10-3)24(32)37-22(17)14(18)4/h1,11-12,15,21,23,25,30-31H,9-10,13H2,2-7H3,(H,29,33)/b28-16+/t15-,21-,23-,25?,27+/m1/s1. The molecule has 12 heteroatoms. The molecule has 1 aromatic heterocycles. The predicted octanol–water partition coefficient (Wildman–Crippen LogP) is 3.13. The van der Waals surface area contributed by atoms with Crippen molar-refractivity contribution in [3.63, 3.8) is 0 Å². The van der Waals surface area contributed by atoms with Gasteiger partial charge >= 0.3 is 11.7 Å². The highest BCUT2D eigenvalue weighted by Gasteiger charge is 2.52. The number of amides is 1. The molecule has 12 nitrogen and oxygen atoms in total. The van der Waals surface area contributed by atoms with E-state index in [0.717, 1.165) is 0 Å². The first-order chi connectivity index (χ1) is 18.5. The number of nitrogens with one attached hydrogen (secondary N) is 1. The summed E-state index contributed by atoms with van der Waals surface area (Å²) in [5, 5.41) is 26.0. The Balaban J connectivity index is 1.94. The zero-order valence-electron chi connectivity index (χ0n) is 22.8. The van der Waals surface area contributed by atoms with Crippen LogP contribution in [-0.4, -0.2) is 59.3 Å². The summed E-state index contributed by atoms with van der Waals surface area (Å²) in [6.45, 7) is 10.5. The fourth-order valence-electron chi connectivity index (χ4n) is 4.34. The molecule has 3 rings (SSSR count). The van der Waals surface area contributed by atoms with Crippen molar-refractivity contribution < 1.29 is 43.3 Å². The van der Waals surface area contributed by atoms with E-state index in [-0.39, 0.29) is 47.0 Å². The molecule has 0 radical (unpaired) electrons. The van der Waals surface area contributed by atoms with Crippen LogP contribution < -0.4 is 15.8 Å². The van der Waals surface area contributed by atoms with Gasteiger partial charge in [0.1, 0.15) is 42.0 Å². The lowest BCUT2D eigenvalue weighted by molar-refractivity contribution is -0.290. The van der Waals surface area contributed by atoms with Crippen molar-refractivity contribution in [1.82, 2.24) is 5.48 Å². The van der Waals surface area contributed by atoms with Gasteiger partial charge in [-0.25, -0.2) is 9.59 Å². The van der Waals surface area contributed by atoms with Gasteiger partial charge < -0.3 is 33.7 Å². The molecule has 0 bridgehead atoms. The monoisotopic (exact) mass is 546 g/mol. The number of aromatic hydroxyl groups is 1. The average molecular weight is 547 g/mol. The number of benzene rings is 1. The largest absolute Gasteiger partial charge is 0.506 e. The predicted molar refractivity (Wildman–Crippen MR) is 140 cm³/mol. The summed E-state index contributed by atoms with van der Waals surface area (Å²) in [4.78, 5) is 34.7.